The van der Waals surface area contributed by atoms with E-state index in [-0.39, 0.29) is 5.75 Å². The monoisotopic (exact) mass is 334 g/mol. The van der Waals surface area contributed by atoms with Crippen molar-refractivity contribution in [2.24, 2.45) is 4.99 Å². The Labute approximate surface area is 140 Å². The number of phenolic OH excluding ortho intramolecular Hbond substituents is 1. The summed E-state index contributed by atoms with van der Waals surface area (Å²) in [6.45, 7) is 5.77. The topological polar surface area (TPSA) is 78.8 Å². The zero-order valence-electron chi connectivity index (χ0n) is 13.6. The number of nitrogens with one attached hydrogen (secondary N) is 2. The van der Waals surface area contributed by atoms with Gasteiger partial charge in [0.15, 0.2) is 5.96 Å². The molecule has 2 rings (SSSR count). The lowest BCUT2D eigenvalue weighted by atomic mass is 10.2. The van der Waals surface area contributed by atoms with Gasteiger partial charge >= 0.3 is 0 Å². The Kier molecular flexibility index (Phi) is 6.22. The highest BCUT2D eigenvalue weighted by atomic mass is 32.1. The van der Waals surface area contributed by atoms with E-state index < -0.39 is 0 Å². The van der Waals surface area contributed by atoms with Gasteiger partial charge in [-0.05, 0) is 32.0 Å². The van der Waals surface area contributed by atoms with E-state index in [4.69, 9.17) is 4.74 Å². The number of hydrogen-bond acceptors (Lipinski definition) is 5. The molecule has 0 bridgehead atoms. The molecule has 1 aromatic carbocycles. The van der Waals surface area contributed by atoms with Crippen LogP contribution >= 0.6 is 11.3 Å². The number of rotatable bonds is 6. The molecule has 3 N–H and O–H groups in total. The van der Waals surface area contributed by atoms with Gasteiger partial charge < -0.3 is 20.5 Å². The first-order valence-electron chi connectivity index (χ1n) is 7.41. The van der Waals surface area contributed by atoms with Crippen LogP contribution in [-0.2, 0) is 13.1 Å². The van der Waals surface area contributed by atoms with Crippen molar-refractivity contribution >= 4 is 17.3 Å². The van der Waals surface area contributed by atoms with Crippen LogP contribution in [0.5, 0.6) is 11.5 Å². The molecule has 0 radical (unpaired) electrons. The maximum Gasteiger partial charge on any atom is 0.191 e. The summed E-state index contributed by atoms with van der Waals surface area (Å²) in [7, 11) is 1.60. The van der Waals surface area contributed by atoms with Gasteiger partial charge in [0.25, 0.3) is 0 Å². The van der Waals surface area contributed by atoms with Crippen LogP contribution < -0.4 is 15.4 Å². The number of aromatic hydroxyl groups is 1. The second kappa shape index (κ2) is 8.38. The van der Waals surface area contributed by atoms with E-state index in [1.165, 1.54) is 4.88 Å². The van der Waals surface area contributed by atoms with Gasteiger partial charge in [0.2, 0.25) is 0 Å². The Hall–Kier alpha value is -2.28. The number of aryl methyl sites for hydroxylation is 1. The van der Waals surface area contributed by atoms with E-state index >= 15 is 0 Å². The summed E-state index contributed by atoms with van der Waals surface area (Å²) < 4.78 is 5.17. The minimum atomic E-state index is 0.209. The summed E-state index contributed by atoms with van der Waals surface area (Å²) in [5.74, 6) is 1.59. The number of nitrogens with zero attached hydrogens (tertiary/aromatic N) is 2. The minimum absolute atomic E-state index is 0.209. The van der Waals surface area contributed by atoms with Crippen molar-refractivity contribution in [3.63, 3.8) is 0 Å². The maximum atomic E-state index is 9.91. The first-order valence-corrected chi connectivity index (χ1v) is 8.23. The summed E-state index contributed by atoms with van der Waals surface area (Å²) in [6.07, 6.45) is 1.86. The smallest absolute Gasteiger partial charge is 0.191 e. The Balaban J connectivity index is 2.03. The van der Waals surface area contributed by atoms with Gasteiger partial charge in [-0.3, -0.25) is 0 Å². The molecular formula is C16H22N4O2S. The van der Waals surface area contributed by atoms with Crippen LogP contribution in [0, 0.1) is 6.92 Å². The SMILES string of the molecule is CCNC(=NCc1cc(OC)ccc1O)NCc1ncc(C)s1. The second-order valence-corrected chi connectivity index (χ2v) is 6.23. The minimum Gasteiger partial charge on any atom is -0.508 e. The van der Waals surface area contributed by atoms with Crippen LogP contribution in [0.1, 0.15) is 22.4 Å². The van der Waals surface area contributed by atoms with Crippen molar-refractivity contribution in [3.8, 4) is 11.5 Å². The molecule has 2 aromatic rings. The van der Waals surface area contributed by atoms with E-state index in [2.05, 4.69) is 20.6 Å². The zero-order valence-corrected chi connectivity index (χ0v) is 14.4. The number of benzene rings is 1. The normalized spacial score (nSPS) is 11.3. The Morgan fingerprint density at radius 3 is 2.87 bits per heavy atom. The van der Waals surface area contributed by atoms with Gasteiger partial charge in [0, 0.05) is 23.2 Å². The molecule has 1 heterocycles. The molecule has 124 valence electrons. The fourth-order valence-electron chi connectivity index (χ4n) is 1.96. The molecule has 0 atom stereocenters. The maximum absolute atomic E-state index is 9.91. The fraction of sp³-hybridized carbons (Fsp3) is 0.375. The van der Waals surface area contributed by atoms with Gasteiger partial charge in [-0.1, -0.05) is 0 Å². The Bertz CT molecular complexity index is 670. The quantitative estimate of drug-likeness (QED) is 0.558. The summed E-state index contributed by atoms with van der Waals surface area (Å²) >= 11 is 1.66. The van der Waals surface area contributed by atoms with Gasteiger partial charge in [-0.25, -0.2) is 9.98 Å². The van der Waals surface area contributed by atoms with E-state index in [1.807, 2.05) is 20.0 Å². The zero-order chi connectivity index (χ0) is 16.7. The van der Waals surface area contributed by atoms with Crippen LogP contribution in [-0.4, -0.2) is 29.7 Å². The molecule has 0 amide bonds. The molecule has 0 saturated heterocycles. The Morgan fingerprint density at radius 2 is 2.22 bits per heavy atom. The molecule has 0 saturated carbocycles. The highest BCUT2D eigenvalue weighted by Crippen LogP contribution is 2.23. The molecule has 0 unspecified atom stereocenters. The first kappa shape index (κ1) is 17.1. The van der Waals surface area contributed by atoms with Crippen molar-refractivity contribution in [2.45, 2.75) is 26.9 Å². The molecule has 1 aromatic heterocycles. The van der Waals surface area contributed by atoms with Crippen molar-refractivity contribution in [3.05, 3.63) is 39.8 Å². The average Bonchev–Trinajstić information content (AvgIpc) is 2.97. The van der Waals surface area contributed by atoms with Gasteiger partial charge in [-0.2, -0.15) is 0 Å². The molecule has 7 heteroatoms. The first-order chi connectivity index (χ1) is 11.1. The van der Waals surface area contributed by atoms with E-state index in [1.54, 1.807) is 36.6 Å². The third kappa shape index (κ3) is 5.14. The number of phenols is 1. The summed E-state index contributed by atoms with van der Waals surface area (Å²) in [5, 5.41) is 17.3. The van der Waals surface area contributed by atoms with Crippen LogP contribution in [0.2, 0.25) is 0 Å². The molecule has 6 nitrogen and oxygen atoms in total. The van der Waals surface area contributed by atoms with Crippen molar-refractivity contribution < 1.29 is 9.84 Å². The van der Waals surface area contributed by atoms with Crippen LogP contribution in [0.25, 0.3) is 0 Å². The molecule has 0 spiro atoms. The van der Waals surface area contributed by atoms with Crippen molar-refractivity contribution in [1.82, 2.24) is 15.6 Å². The predicted octanol–water partition coefficient (Wildman–Crippen LogP) is 2.42. The fourth-order valence-corrected chi connectivity index (χ4v) is 2.69. The summed E-state index contributed by atoms with van der Waals surface area (Å²) in [4.78, 5) is 10.0. The second-order valence-electron chi connectivity index (χ2n) is 4.91. The number of methoxy groups -OCH3 is 1. The van der Waals surface area contributed by atoms with E-state index in [9.17, 15) is 5.11 Å². The largest absolute Gasteiger partial charge is 0.508 e. The predicted molar refractivity (Wildman–Crippen MR) is 93.2 cm³/mol. The van der Waals surface area contributed by atoms with Crippen molar-refractivity contribution in [2.75, 3.05) is 13.7 Å². The molecule has 0 aliphatic rings. The van der Waals surface area contributed by atoms with E-state index in [0.717, 1.165) is 11.6 Å². The lowest BCUT2D eigenvalue weighted by Gasteiger charge is -2.11. The number of aromatic nitrogens is 1. The number of guanidine groups is 1. The number of ether oxygens (including phenoxy) is 1. The number of aliphatic imine (C=N–C) groups is 1. The van der Waals surface area contributed by atoms with Gasteiger partial charge in [-0.15, -0.1) is 11.3 Å². The highest BCUT2D eigenvalue weighted by molar-refractivity contribution is 7.11. The molecular weight excluding hydrogens is 312 g/mol. The standard InChI is InChI=1S/C16H22N4O2S/c1-4-17-16(20-10-15-18-8-11(2)23-15)19-9-12-7-13(22-3)5-6-14(12)21/h5-8,21H,4,9-10H2,1-3H3,(H2,17,19,20). The Morgan fingerprint density at radius 1 is 1.39 bits per heavy atom. The van der Waals surface area contributed by atoms with Crippen LogP contribution in [0.4, 0.5) is 0 Å². The lowest BCUT2D eigenvalue weighted by molar-refractivity contribution is 0.411. The van der Waals surface area contributed by atoms with Gasteiger partial charge in [0.05, 0.1) is 20.2 Å². The van der Waals surface area contributed by atoms with Crippen LogP contribution in [0.3, 0.4) is 0 Å². The van der Waals surface area contributed by atoms with Gasteiger partial charge in [0.1, 0.15) is 16.5 Å². The van der Waals surface area contributed by atoms with Crippen molar-refractivity contribution in [1.29, 1.82) is 0 Å². The highest BCUT2D eigenvalue weighted by Gasteiger charge is 2.05. The molecule has 0 aliphatic heterocycles. The summed E-state index contributed by atoms with van der Waals surface area (Å²) in [6, 6.07) is 5.12. The molecule has 0 aliphatic carbocycles. The third-order valence-electron chi connectivity index (χ3n) is 3.11. The lowest BCUT2D eigenvalue weighted by Crippen LogP contribution is -2.36. The van der Waals surface area contributed by atoms with Crippen LogP contribution in [0.15, 0.2) is 29.4 Å². The molecule has 0 fully saturated rings. The van der Waals surface area contributed by atoms with E-state index in [0.29, 0.717) is 30.4 Å². The molecule has 23 heavy (non-hydrogen) atoms. The average molecular weight is 334 g/mol. The third-order valence-corrected chi connectivity index (χ3v) is 4.03. The number of thiazole rings is 1. The number of hydrogen-bond donors (Lipinski definition) is 3. The summed E-state index contributed by atoms with van der Waals surface area (Å²) in [5.41, 5.74) is 0.714.